The quantitative estimate of drug-likeness (QED) is 0.435. The van der Waals surface area contributed by atoms with E-state index in [9.17, 15) is 9.90 Å². The van der Waals surface area contributed by atoms with Crippen LogP contribution >= 0.6 is 0 Å². The van der Waals surface area contributed by atoms with Crippen molar-refractivity contribution in [1.82, 2.24) is 0 Å². The van der Waals surface area contributed by atoms with Crippen LogP contribution in [-0.4, -0.2) is 22.8 Å². The molecule has 0 heterocycles. The van der Waals surface area contributed by atoms with Crippen molar-refractivity contribution < 1.29 is 9.90 Å². The first-order valence-corrected chi connectivity index (χ1v) is 7.79. The predicted molar refractivity (Wildman–Crippen MR) is 99.5 cm³/mol. The van der Waals surface area contributed by atoms with Crippen LogP contribution in [0, 0.1) is 0 Å². The molecule has 0 saturated carbocycles. The van der Waals surface area contributed by atoms with Crippen LogP contribution in [0.15, 0.2) is 95.1 Å². The fourth-order valence-corrected chi connectivity index (χ4v) is 2.27. The van der Waals surface area contributed by atoms with Gasteiger partial charge in [-0.25, -0.2) is 0 Å². The van der Waals surface area contributed by atoms with Gasteiger partial charge >= 0.3 is 0 Å². The Morgan fingerprint density at radius 1 is 0.760 bits per heavy atom. The molecule has 25 heavy (non-hydrogen) atoms. The second-order valence-corrected chi connectivity index (χ2v) is 5.35. The normalized spacial score (nSPS) is 11.6. The standard InChI is InChI=1S/C21H16N2O2/c24-19-13-11-16(12-14-19)15-22-23-20(17-7-3-1-4-8-17)21(25)18-9-5-2-6-10-18/h1-15,24H. The van der Waals surface area contributed by atoms with Crippen molar-refractivity contribution in [2.45, 2.75) is 0 Å². The van der Waals surface area contributed by atoms with Crippen LogP contribution in [0.2, 0.25) is 0 Å². The number of Topliss-reactive ketones (excluding diaryl/α,β-unsaturated/α-hetero) is 1. The third-order valence-corrected chi connectivity index (χ3v) is 3.56. The number of phenols is 1. The summed E-state index contributed by atoms with van der Waals surface area (Å²) in [5.74, 6) is -0.000428. The Labute approximate surface area is 145 Å². The van der Waals surface area contributed by atoms with E-state index in [-0.39, 0.29) is 17.2 Å². The molecule has 0 radical (unpaired) electrons. The molecule has 0 aliphatic carbocycles. The minimum Gasteiger partial charge on any atom is -0.508 e. The molecule has 0 saturated heterocycles. The van der Waals surface area contributed by atoms with Crippen molar-refractivity contribution in [3.63, 3.8) is 0 Å². The SMILES string of the molecule is O=C(C(=NN=Cc1ccc(O)cc1)c1ccccc1)c1ccccc1. The fraction of sp³-hybridized carbons (Fsp3) is 0. The van der Waals surface area contributed by atoms with Gasteiger partial charge in [-0.05, 0) is 29.8 Å². The van der Waals surface area contributed by atoms with Crippen LogP contribution in [0.4, 0.5) is 0 Å². The number of rotatable bonds is 5. The van der Waals surface area contributed by atoms with E-state index in [4.69, 9.17) is 0 Å². The lowest BCUT2D eigenvalue weighted by atomic mass is 10.0. The largest absolute Gasteiger partial charge is 0.508 e. The summed E-state index contributed by atoms with van der Waals surface area (Å²) >= 11 is 0. The van der Waals surface area contributed by atoms with Gasteiger partial charge in [-0.1, -0.05) is 60.7 Å². The average Bonchev–Trinajstić information content (AvgIpc) is 2.67. The monoisotopic (exact) mass is 328 g/mol. The number of hydrogen-bond acceptors (Lipinski definition) is 4. The molecular weight excluding hydrogens is 312 g/mol. The Morgan fingerprint density at radius 3 is 1.92 bits per heavy atom. The van der Waals surface area contributed by atoms with Crippen LogP contribution in [0.3, 0.4) is 0 Å². The molecule has 0 fully saturated rings. The molecule has 3 aromatic carbocycles. The minimum absolute atomic E-state index is 0.185. The molecule has 0 aliphatic heterocycles. The molecule has 0 aromatic heterocycles. The van der Waals surface area contributed by atoms with E-state index in [2.05, 4.69) is 10.2 Å². The highest BCUT2D eigenvalue weighted by atomic mass is 16.3. The number of aromatic hydroxyl groups is 1. The zero-order valence-corrected chi connectivity index (χ0v) is 13.4. The molecule has 0 atom stereocenters. The highest BCUT2D eigenvalue weighted by Crippen LogP contribution is 2.10. The Balaban J connectivity index is 1.94. The molecule has 0 unspecified atom stereocenters. The summed E-state index contributed by atoms with van der Waals surface area (Å²) in [5.41, 5.74) is 2.33. The number of nitrogens with zero attached hydrogens (tertiary/aromatic N) is 2. The number of hydrogen-bond donors (Lipinski definition) is 1. The zero-order valence-electron chi connectivity index (χ0n) is 13.4. The van der Waals surface area contributed by atoms with E-state index in [0.29, 0.717) is 11.1 Å². The lowest BCUT2D eigenvalue weighted by Crippen LogP contribution is -2.15. The number of carbonyl (C=O) groups excluding carboxylic acids is 1. The summed E-state index contributed by atoms with van der Waals surface area (Å²) in [6, 6.07) is 24.8. The molecule has 3 rings (SSSR count). The third kappa shape index (κ3) is 4.26. The number of carbonyl (C=O) groups is 1. The first-order chi connectivity index (χ1) is 12.2. The Hall–Kier alpha value is -3.53. The number of phenolic OH excluding ortho intramolecular Hbond substituents is 1. The molecule has 0 bridgehead atoms. The smallest absolute Gasteiger partial charge is 0.213 e. The number of benzene rings is 3. The first-order valence-electron chi connectivity index (χ1n) is 7.79. The summed E-state index contributed by atoms with van der Waals surface area (Å²) in [6.07, 6.45) is 1.54. The predicted octanol–water partition coefficient (Wildman–Crippen LogP) is 4.10. The van der Waals surface area contributed by atoms with Crippen molar-refractivity contribution >= 4 is 17.7 Å². The third-order valence-electron chi connectivity index (χ3n) is 3.56. The molecule has 0 spiro atoms. The average molecular weight is 328 g/mol. The van der Waals surface area contributed by atoms with Crippen LogP contribution in [-0.2, 0) is 0 Å². The van der Waals surface area contributed by atoms with Gasteiger partial charge in [-0.3, -0.25) is 4.79 Å². The lowest BCUT2D eigenvalue weighted by molar-refractivity contribution is 0.106. The van der Waals surface area contributed by atoms with Gasteiger partial charge in [0.05, 0.1) is 6.21 Å². The highest BCUT2D eigenvalue weighted by Gasteiger charge is 2.15. The van der Waals surface area contributed by atoms with E-state index >= 15 is 0 Å². The molecule has 122 valence electrons. The van der Waals surface area contributed by atoms with Crippen molar-refractivity contribution in [3.05, 3.63) is 102 Å². The molecule has 4 heteroatoms. The second-order valence-electron chi connectivity index (χ2n) is 5.35. The Bertz CT molecular complexity index is 900. The van der Waals surface area contributed by atoms with Crippen LogP contribution in [0.25, 0.3) is 0 Å². The molecular formula is C21H16N2O2. The van der Waals surface area contributed by atoms with E-state index < -0.39 is 0 Å². The van der Waals surface area contributed by atoms with Gasteiger partial charge in [0.2, 0.25) is 5.78 Å². The fourth-order valence-electron chi connectivity index (χ4n) is 2.27. The maximum Gasteiger partial charge on any atom is 0.213 e. The highest BCUT2D eigenvalue weighted by molar-refractivity contribution is 6.51. The van der Waals surface area contributed by atoms with Crippen molar-refractivity contribution in [3.8, 4) is 5.75 Å². The molecule has 4 nitrogen and oxygen atoms in total. The van der Waals surface area contributed by atoms with E-state index in [1.807, 2.05) is 48.5 Å². The molecule has 0 amide bonds. The summed E-state index contributed by atoms with van der Waals surface area (Å²) in [6.45, 7) is 0. The van der Waals surface area contributed by atoms with E-state index in [1.54, 1.807) is 42.6 Å². The lowest BCUT2D eigenvalue weighted by Gasteiger charge is -2.04. The van der Waals surface area contributed by atoms with Crippen LogP contribution in [0.5, 0.6) is 5.75 Å². The zero-order chi connectivity index (χ0) is 17.5. The van der Waals surface area contributed by atoms with Gasteiger partial charge in [0.1, 0.15) is 11.5 Å². The van der Waals surface area contributed by atoms with Gasteiger partial charge in [0, 0.05) is 11.1 Å². The van der Waals surface area contributed by atoms with E-state index in [0.717, 1.165) is 5.56 Å². The Morgan fingerprint density at radius 2 is 1.32 bits per heavy atom. The van der Waals surface area contributed by atoms with Crippen molar-refractivity contribution in [2.24, 2.45) is 10.2 Å². The van der Waals surface area contributed by atoms with Crippen molar-refractivity contribution in [1.29, 1.82) is 0 Å². The van der Waals surface area contributed by atoms with Gasteiger partial charge < -0.3 is 5.11 Å². The van der Waals surface area contributed by atoms with Crippen molar-refractivity contribution in [2.75, 3.05) is 0 Å². The molecule has 0 aliphatic rings. The van der Waals surface area contributed by atoms with Crippen LogP contribution in [0.1, 0.15) is 21.5 Å². The summed E-state index contributed by atoms with van der Waals surface area (Å²) in [5, 5.41) is 17.5. The maximum absolute atomic E-state index is 12.8. The van der Waals surface area contributed by atoms with Gasteiger partial charge in [0.15, 0.2) is 0 Å². The van der Waals surface area contributed by atoms with Gasteiger partial charge in [-0.15, -0.1) is 5.10 Å². The molecule has 1 N–H and O–H groups in total. The summed E-state index contributed by atoms with van der Waals surface area (Å²) in [7, 11) is 0. The van der Waals surface area contributed by atoms with Crippen LogP contribution < -0.4 is 0 Å². The van der Waals surface area contributed by atoms with Gasteiger partial charge in [0.25, 0.3) is 0 Å². The molecule has 3 aromatic rings. The van der Waals surface area contributed by atoms with Gasteiger partial charge in [-0.2, -0.15) is 5.10 Å². The Kier molecular flexibility index (Phi) is 5.12. The number of ketones is 1. The topological polar surface area (TPSA) is 62.0 Å². The minimum atomic E-state index is -0.186. The first kappa shape index (κ1) is 16.3. The van der Waals surface area contributed by atoms with E-state index in [1.165, 1.54) is 0 Å². The summed E-state index contributed by atoms with van der Waals surface area (Å²) in [4.78, 5) is 12.8. The second kappa shape index (κ2) is 7.84. The maximum atomic E-state index is 12.8. The summed E-state index contributed by atoms with van der Waals surface area (Å²) < 4.78 is 0.